The molecule has 1 aromatic carbocycles. The van der Waals surface area contributed by atoms with Gasteiger partial charge in [0.15, 0.2) is 5.69 Å². The lowest BCUT2D eigenvalue weighted by Crippen LogP contribution is -2.30. The number of anilines is 2. The molecule has 1 aliphatic heterocycles. The second-order valence-corrected chi connectivity index (χ2v) is 8.25. The molecular weight excluding hydrogens is 521 g/mol. The second-order valence-electron chi connectivity index (χ2n) is 8.25. The van der Waals surface area contributed by atoms with E-state index < -0.39 is 51.9 Å². The normalized spacial score (nSPS) is 14.1. The van der Waals surface area contributed by atoms with Crippen LogP contribution in [0.25, 0.3) is 11.3 Å². The Kier molecular flexibility index (Phi) is 8.87. The van der Waals surface area contributed by atoms with E-state index in [-0.39, 0.29) is 18.1 Å². The van der Waals surface area contributed by atoms with Crippen LogP contribution in [0.2, 0.25) is 0 Å². The van der Waals surface area contributed by atoms with Crippen LogP contribution in [0, 0.1) is 17.6 Å². The van der Waals surface area contributed by atoms with E-state index in [9.17, 15) is 26.7 Å². The number of carbonyl (C=O) groups excluding carboxylic acids is 1. The third kappa shape index (κ3) is 6.44. The third-order valence-corrected chi connectivity index (χ3v) is 5.73. The summed E-state index contributed by atoms with van der Waals surface area (Å²) < 4.78 is 75.6. The SMILES string of the molecule is Cl.Nc1cc(C(F)(F)F)c(-c2c(F)cccc2F)nc1C(=O)Nc1cnccc1OCC1CCNCC1. The van der Waals surface area contributed by atoms with E-state index in [4.69, 9.17) is 10.5 Å². The number of aromatic nitrogens is 2. The number of amides is 1. The minimum atomic E-state index is -5.04. The van der Waals surface area contributed by atoms with Crippen molar-refractivity contribution in [1.29, 1.82) is 0 Å². The first-order chi connectivity index (χ1) is 17.1. The van der Waals surface area contributed by atoms with Gasteiger partial charge in [-0.3, -0.25) is 9.78 Å². The maximum absolute atomic E-state index is 14.4. The molecule has 2 aromatic heterocycles. The van der Waals surface area contributed by atoms with E-state index in [2.05, 4.69) is 20.6 Å². The Labute approximate surface area is 215 Å². The van der Waals surface area contributed by atoms with E-state index in [0.29, 0.717) is 24.3 Å². The van der Waals surface area contributed by atoms with E-state index in [1.165, 1.54) is 18.5 Å². The molecule has 3 heterocycles. The van der Waals surface area contributed by atoms with Crippen molar-refractivity contribution in [1.82, 2.24) is 15.3 Å². The number of hydrogen-bond acceptors (Lipinski definition) is 6. The molecule has 198 valence electrons. The van der Waals surface area contributed by atoms with Crippen LogP contribution < -0.4 is 21.1 Å². The number of pyridine rings is 2. The lowest BCUT2D eigenvalue weighted by atomic mass is 9.99. The molecule has 0 aliphatic carbocycles. The van der Waals surface area contributed by atoms with Gasteiger partial charge >= 0.3 is 6.18 Å². The van der Waals surface area contributed by atoms with Crippen molar-refractivity contribution in [3.05, 3.63) is 65.6 Å². The quantitative estimate of drug-likeness (QED) is 0.375. The number of hydrogen-bond donors (Lipinski definition) is 3. The van der Waals surface area contributed by atoms with Gasteiger partial charge in [0.2, 0.25) is 0 Å². The lowest BCUT2D eigenvalue weighted by Gasteiger charge is -2.23. The lowest BCUT2D eigenvalue weighted by molar-refractivity contribution is -0.137. The molecule has 13 heteroatoms. The molecule has 37 heavy (non-hydrogen) atoms. The van der Waals surface area contributed by atoms with Crippen molar-refractivity contribution in [3.8, 4) is 17.0 Å². The number of nitrogens with one attached hydrogen (secondary N) is 2. The summed E-state index contributed by atoms with van der Waals surface area (Å²) in [6.07, 6.45) is -0.438. The van der Waals surface area contributed by atoms with Crippen LogP contribution in [0.1, 0.15) is 28.9 Å². The van der Waals surface area contributed by atoms with Crippen LogP contribution in [0.3, 0.4) is 0 Å². The Morgan fingerprint density at radius 1 is 1.16 bits per heavy atom. The highest BCUT2D eigenvalue weighted by atomic mass is 35.5. The summed E-state index contributed by atoms with van der Waals surface area (Å²) in [5.74, 6) is -2.94. The van der Waals surface area contributed by atoms with E-state index in [1.54, 1.807) is 0 Å². The van der Waals surface area contributed by atoms with Crippen LogP contribution in [0.5, 0.6) is 5.75 Å². The highest BCUT2D eigenvalue weighted by Gasteiger charge is 2.37. The fourth-order valence-corrected chi connectivity index (χ4v) is 3.88. The smallest absolute Gasteiger partial charge is 0.418 e. The Morgan fingerprint density at radius 2 is 1.84 bits per heavy atom. The summed E-state index contributed by atoms with van der Waals surface area (Å²) in [7, 11) is 0. The highest BCUT2D eigenvalue weighted by molar-refractivity contribution is 6.07. The van der Waals surface area contributed by atoms with Crippen LogP contribution in [-0.2, 0) is 6.18 Å². The first kappa shape index (κ1) is 28.1. The zero-order valence-corrected chi connectivity index (χ0v) is 20.1. The van der Waals surface area contributed by atoms with Crippen LogP contribution in [-0.4, -0.2) is 35.6 Å². The summed E-state index contributed by atoms with van der Waals surface area (Å²) in [6, 6.07) is 4.54. The van der Waals surface area contributed by atoms with Gasteiger partial charge in [-0.25, -0.2) is 13.8 Å². The number of nitrogens with two attached hydrogens (primary N) is 1. The maximum atomic E-state index is 14.4. The minimum Gasteiger partial charge on any atom is -0.491 e. The van der Waals surface area contributed by atoms with Crippen LogP contribution in [0.15, 0.2) is 42.7 Å². The Morgan fingerprint density at radius 3 is 2.49 bits per heavy atom. The number of carbonyl (C=O) groups is 1. The molecule has 0 saturated carbocycles. The predicted octanol–water partition coefficient (Wildman–Crippen LogP) is 5.08. The van der Waals surface area contributed by atoms with Crippen molar-refractivity contribution in [2.75, 3.05) is 30.7 Å². The molecule has 7 nitrogen and oxygen atoms in total. The van der Waals surface area contributed by atoms with Gasteiger partial charge in [0, 0.05) is 12.3 Å². The molecule has 0 atom stereocenters. The van der Waals surface area contributed by atoms with Gasteiger partial charge in [0.25, 0.3) is 5.91 Å². The topological polar surface area (TPSA) is 102 Å². The van der Waals surface area contributed by atoms with Gasteiger partial charge in [-0.15, -0.1) is 12.4 Å². The number of benzene rings is 1. The number of halogens is 6. The molecule has 4 rings (SSSR count). The summed E-state index contributed by atoms with van der Waals surface area (Å²) >= 11 is 0. The molecule has 0 bridgehead atoms. The minimum absolute atomic E-state index is 0. The maximum Gasteiger partial charge on any atom is 0.418 e. The standard InChI is InChI=1S/C24H22F5N5O2.ClH/c25-15-2-1-3-16(26)20(15)21-14(24(27,28)29)10-17(30)22(34-21)23(35)33-18-11-32-9-6-19(18)36-12-13-4-7-31-8-5-13;/h1-3,6,9-11,13,31H,4-5,7-8,12,30H2,(H,33,35);1H. The van der Waals surface area contributed by atoms with Gasteiger partial charge in [-0.05, 0) is 50.0 Å². The summed E-state index contributed by atoms with van der Waals surface area (Å²) in [5.41, 5.74) is 1.00. The van der Waals surface area contributed by atoms with Gasteiger partial charge in [-0.2, -0.15) is 13.2 Å². The zero-order valence-electron chi connectivity index (χ0n) is 19.2. The van der Waals surface area contributed by atoms with Crippen molar-refractivity contribution in [2.45, 2.75) is 19.0 Å². The largest absolute Gasteiger partial charge is 0.491 e. The molecule has 1 aliphatic rings. The average Bonchev–Trinajstić information content (AvgIpc) is 2.84. The summed E-state index contributed by atoms with van der Waals surface area (Å²) in [6.45, 7) is 2.14. The van der Waals surface area contributed by atoms with Crippen molar-refractivity contribution >= 4 is 29.7 Å². The number of nitrogen functional groups attached to an aromatic ring is 1. The first-order valence-corrected chi connectivity index (χ1v) is 11.1. The molecule has 0 spiro atoms. The number of piperidine rings is 1. The zero-order chi connectivity index (χ0) is 25.9. The van der Waals surface area contributed by atoms with Gasteiger partial charge in [0.05, 0.1) is 35.3 Å². The Bertz CT molecular complexity index is 1250. The highest BCUT2D eigenvalue weighted by Crippen LogP contribution is 2.39. The summed E-state index contributed by atoms with van der Waals surface area (Å²) in [5, 5.41) is 5.72. The van der Waals surface area contributed by atoms with Crippen molar-refractivity contribution in [3.63, 3.8) is 0 Å². The third-order valence-electron chi connectivity index (χ3n) is 5.73. The van der Waals surface area contributed by atoms with Gasteiger partial charge in [-0.1, -0.05) is 6.07 Å². The number of rotatable bonds is 6. The Hall–Kier alpha value is -3.51. The summed E-state index contributed by atoms with van der Waals surface area (Å²) in [4.78, 5) is 20.6. The monoisotopic (exact) mass is 543 g/mol. The van der Waals surface area contributed by atoms with E-state index >= 15 is 0 Å². The van der Waals surface area contributed by atoms with E-state index in [1.807, 2.05) is 0 Å². The predicted molar refractivity (Wildman–Crippen MR) is 130 cm³/mol. The Balaban J connectivity index is 0.00000380. The molecule has 1 saturated heterocycles. The molecule has 0 unspecified atom stereocenters. The second kappa shape index (κ2) is 11.7. The van der Waals surface area contributed by atoms with Crippen LogP contribution >= 0.6 is 12.4 Å². The number of ether oxygens (including phenoxy) is 1. The molecular formula is C24H23ClF5N5O2. The molecule has 4 N–H and O–H groups in total. The average molecular weight is 544 g/mol. The molecule has 0 radical (unpaired) electrons. The molecule has 1 fully saturated rings. The number of nitrogens with zero attached hydrogens (tertiary/aromatic N) is 2. The molecule has 3 aromatic rings. The van der Waals surface area contributed by atoms with Crippen LogP contribution in [0.4, 0.5) is 33.3 Å². The van der Waals surface area contributed by atoms with Crippen molar-refractivity contribution < 1.29 is 31.5 Å². The van der Waals surface area contributed by atoms with Gasteiger partial charge < -0.3 is 21.1 Å². The van der Waals surface area contributed by atoms with E-state index in [0.717, 1.165) is 44.1 Å². The fraction of sp³-hybridized carbons (Fsp3) is 0.292. The van der Waals surface area contributed by atoms with Gasteiger partial charge in [0.1, 0.15) is 23.1 Å². The fourth-order valence-electron chi connectivity index (χ4n) is 3.88. The first-order valence-electron chi connectivity index (χ1n) is 11.1. The molecule has 1 amide bonds. The number of alkyl halides is 3. The van der Waals surface area contributed by atoms with Crippen molar-refractivity contribution in [2.24, 2.45) is 5.92 Å².